The van der Waals surface area contributed by atoms with Crippen molar-refractivity contribution in [1.82, 2.24) is 0 Å². The molecule has 0 aromatic heterocycles. The summed E-state index contributed by atoms with van der Waals surface area (Å²) in [7, 11) is 0. The van der Waals surface area contributed by atoms with Crippen molar-refractivity contribution in [2.45, 2.75) is 59.9 Å². The smallest absolute Gasteiger partial charge is 1.00 e. The summed E-state index contributed by atoms with van der Waals surface area (Å²) < 4.78 is 16.9. The molecular formula is C9H21FO3Zr. The summed E-state index contributed by atoms with van der Waals surface area (Å²) in [6.07, 6.45) is 0.602. The van der Waals surface area contributed by atoms with Crippen LogP contribution in [0.3, 0.4) is 0 Å². The van der Waals surface area contributed by atoms with Crippen molar-refractivity contribution in [3.63, 3.8) is 0 Å². The van der Waals surface area contributed by atoms with Crippen LogP contribution < -0.4 is 4.70 Å². The van der Waals surface area contributed by atoms with Gasteiger partial charge in [0.2, 0.25) is 0 Å². The maximum atomic E-state index is 5.62. The molecule has 0 saturated carbocycles. The Morgan fingerprint density at radius 3 is 1.00 bits per heavy atom. The molecule has 0 radical (unpaired) electrons. The molecule has 3 nitrogen and oxygen atoms in total. The SMILES string of the molecule is CC(C)[O][Zr+]([O]C(C)C)[O]C(C)C.[F-]. The molecule has 0 unspecified atom stereocenters. The molecule has 0 fully saturated rings. The third-order valence-corrected chi connectivity index (χ3v) is 5.89. The van der Waals surface area contributed by atoms with Gasteiger partial charge in [0.15, 0.2) is 0 Å². The van der Waals surface area contributed by atoms with Crippen LogP contribution in [0.1, 0.15) is 41.5 Å². The summed E-state index contributed by atoms with van der Waals surface area (Å²) in [4.78, 5) is 0. The van der Waals surface area contributed by atoms with Crippen molar-refractivity contribution in [3.05, 3.63) is 0 Å². The Balaban J connectivity index is 0. The average Bonchev–Trinajstić information content (AvgIpc) is 1.80. The van der Waals surface area contributed by atoms with Gasteiger partial charge in [0.1, 0.15) is 0 Å². The van der Waals surface area contributed by atoms with Gasteiger partial charge in [-0.2, -0.15) is 0 Å². The Bertz CT molecular complexity index is 107. The second kappa shape index (κ2) is 8.96. The molecule has 0 aliphatic carbocycles. The third-order valence-electron chi connectivity index (χ3n) is 0.996. The van der Waals surface area contributed by atoms with E-state index in [1.807, 2.05) is 41.5 Å². The van der Waals surface area contributed by atoms with Gasteiger partial charge in [-0.3, -0.25) is 0 Å². The molecule has 0 bridgehead atoms. The van der Waals surface area contributed by atoms with Gasteiger partial charge >= 0.3 is 91.4 Å². The Labute approximate surface area is 96.0 Å². The molecule has 86 valence electrons. The van der Waals surface area contributed by atoms with Crippen LogP contribution in [-0.4, -0.2) is 18.3 Å². The summed E-state index contributed by atoms with van der Waals surface area (Å²) >= 11 is -2.48. The molecule has 0 aromatic carbocycles. The largest absolute Gasteiger partial charge is 1.00 e. The molecule has 0 saturated heterocycles. The number of hydrogen-bond acceptors (Lipinski definition) is 3. The molecule has 14 heavy (non-hydrogen) atoms. The third kappa shape index (κ3) is 10.8. The fraction of sp³-hybridized carbons (Fsp3) is 1.00. The van der Waals surface area contributed by atoms with E-state index >= 15 is 0 Å². The van der Waals surface area contributed by atoms with E-state index < -0.39 is 23.1 Å². The fourth-order valence-electron chi connectivity index (χ4n) is 0.661. The monoisotopic (exact) mass is 286 g/mol. The van der Waals surface area contributed by atoms with Crippen molar-refractivity contribution in [3.8, 4) is 0 Å². The fourth-order valence-corrected chi connectivity index (χ4v) is 3.91. The van der Waals surface area contributed by atoms with Crippen molar-refractivity contribution in [2.75, 3.05) is 0 Å². The second-order valence-corrected chi connectivity index (χ2v) is 6.72. The van der Waals surface area contributed by atoms with Crippen LogP contribution in [0.4, 0.5) is 0 Å². The van der Waals surface area contributed by atoms with Crippen LogP contribution in [0, 0.1) is 0 Å². The molecule has 0 N–H and O–H groups in total. The quantitative estimate of drug-likeness (QED) is 0.667. The minimum atomic E-state index is -2.48. The first-order valence-electron chi connectivity index (χ1n) is 4.78. The average molecular weight is 287 g/mol. The van der Waals surface area contributed by atoms with E-state index in [0.717, 1.165) is 0 Å². The van der Waals surface area contributed by atoms with E-state index in [-0.39, 0.29) is 23.0 Å². The molecule has 0 aromatic rings. The summed E-state index contributed by atoms with van der Waals surface area (Å²) in [6.45, 7) is 12.0. The predicted octanol–water partition coefficient (Wildman–Crippen LogP) is -0.371. The zero-order chi connectivity index (χ0) is 10.4. The normalized spacial score (nSPS) is 10.9. The van der Waals surface area contributed by atoms with Gasteiger partial charge < -0.3 is 4.70 Å². The van der Waals surface area contributed by atoms with Gasteiger partial charge in [-0.1, -0.05) is 0 Å². The predicted molar refractivity (Wildman–Crippen MR) is 48.7 cm³/mol. The van der Waals surface area contributed by atoms with E-state index in [9.17, 15) is 0 Å². The minimum absolute atomic E-state index is 0. The van der Waals surface area contributed by atoms with Crippen molar-refractivity contribution in [1.29, 1.82) is 0 Å². The van der Waals surface area contributed by atoms with Gasteiger partial charge in [-0.15, -0.1) is 0 Å². The maximum Gasteiger partial charge on any atom is -1.00 e. The van der Waals surface area contributed by atoms with E-state index in [0.29, 0.717) is 0 Å². The Morgan fingerprint density at radius 2 is 0.857 bits per heavy atom. The first-order valence-corrected chi connectivity index (χ1v) is 7.79. The van der Waals surface area contributed by atoms with Crippen LogP contribution in [0.25, 0.3) is 0 Å². The first-order chi connectivity index (χ1) is 5.91. The molecule has 0 aliphatic heterocycles. The summed E-state index contributed by atoms with van der Waals surface area (Å²) in [6, 6.07) is 0. The Kier molecular flexibility index (Phi) is 10.9. The minimum Gasteiger partial charge on any atom is -1.00 e. The number of rotatable bonds is 6. The van der Waals surface area contributed by atoms with Gasteiger partial charge in [0, 0.05) is 0 Å². The van der Waals surface area contributed by atoms with Crippen LogP contribution in [0.2, 0.25) is 0 Å². The van der Waals surface area contributed by atoms with E-state index in [1.54, 1.807) is 0 Å². The van der Waals surface area contributed by atoms with Crippen molar-refractivity contribution in [2.24, 2.45) is 0 Å². The van der Waals surface area contributed by atoms with Gasteiger partial charge in [0.05, 0.1) is 0 Å². The van der Waals surface area contributed by atoms with Crippen LogP contribution >= 0.6 is 0 Å². The van der Waals surface area contributed by atoms with E-state index in [1.165, 1.54) is 0 Å². The Hall–Kier alpha value is 0.693. The van der Waals surface area contributed by atoms with Crippen LogP contribution in [0.5, 0.6) is 0 Å². The van der Waals surface area contributed by atoms with Crippen molar-refractivity contribution < 1.29 is 36.2 Å². The molecule has 0 spiro atoms. The summed E-state index contributed by atoms with van der Waals surface area (Å²) in [5.74, 6) is 0. The summed E-state index contributed by atoms with van der Waals surface area (Å²) in [5, 5.41) is 0. The zero-order valence-electron chi connectivity index (χ0n) is 9.83. The number of hydrogen-bond donors (Lipinski definition) is 0. The van der Waals surface area contributed by atoms with E-state index in [2.05, 4.69) is 0 Å². The molecule has 0 aliphatic rings. The van der Waals surface area contributed by atoms with Gasteiger partial charge in [-0.25, -0.2) is 0 Å². The van der Waals surface area contributed by atoms with Crippen LogP contribution in [0.15, 0.2) is 0 Å². The zero-order valence-corrected chi connectivity index (χ0v) is 12.3. The van der Waals surface area contributed by atoms with Crippen LogP contribution in [-0.2, 0) is 31.5 Å². The molecule has 0 rings (SSSR count). The first kappa shape index (κ1) is 17.1. The molecule has 0 heterocycles. The standard InChI is InChI=1S/3C3H7O.FH.Zr/c3*1-3(2)4;;/h3*3H,1-2H3;1H;/q3*-1;;+4/p-1. The van der Waals surface area contributed by atoms with E-state index in [4.69, 9.17) is 8.44 Å². The van der Waals surface area contributed by atoms with Crippen molar-refractivity contribution >= 4 is 0 Å². The number of halogens is 1. The molecular weight excluding hydrogens is 266 g/mol. The summed E-state index contributed by atoms with van der Waals surface area (Å²) in [5.41, 5.74) is 0. The Morgan fingerprint density at radius 1 is 0.643 bits per heavy atom. The van der Waals surface area contributed by atoms with Gasteiger partial charge in [0.25, 0.3) is 0 Å². The second-order valence-electron chi connectivity index (χ2n) is 3.75. The molecule has 0 amide bonds. The van der Waals surface area contributed by atoms with Gasteiger partial charge in [-0.05, 0) is 0 Å². The molecule has 0 atom stereocenters. The maximum absolute atomic E-state index is 5.62. The molecule has 5 heteroatoms. The topological polar surface area (TPSA) is 27.7 Å².